The van der Waals surface area contributed by atoms with E-state index >= 15 is 0 Å². The molecule has 1 aliphatic heterocycles. The number of aromatic hydroxyl groups is 1. The summed E-state index contributed by atoms with van der Waals surface area (Å²) in [6, 6.07) is 4.15. The molecule has 31 heavy (non-hydrogen) atoms. The van der Waals surface area contributed by atoms with Crippen LogP contribution in [0.3, 0.4) is 0 Å². The molecule has 1 aliphatic rings. The third-order valence-electron chi connectivity index (χ3n) is 4.85. The Hall–Kier alpha value is -2.63. The van der Waals surface area contributed by atoms with E-state index in [0.717, 1.165) is 6.42 Å². The van der Waals surface area contributed by atoms with Gasteiger partial charge in [0, 0.05) is 6.07 Å². The van der Waals surface area contributed by atoms with Gasteiger partial charge in [-0.05, 0) is 25.0 Å². The number of aliphatic hydroxyl groups excluding tert-OH is 4. The summed E-state index contributed by atoms with van der Waals surface area (Å²) in [5, 5.41) is 49.7. The molecule has 1 aromatic carbocycles. The number of allylic oxidation sites excluding steroid dienone is 1. The fraction of sp³-hybridized carbons (Fsp3) is 0.476. The Kier molecular flexibility index (Phi) is 7.52. The minimum atomic E-state index is -1.59. The number of ether oxygens (including phenoxy) is 3. The van der Waals surface area contributed by atoms with Gasteiger partial charge in [0.15, 0.2) is 5.75 Å². The van der Waals surface area contributed by atoms with Crippen molar-refractivity contribution in [3.05, 3.63) is 40.8 Å². The average molecular weight is 438 g/mol. The van der Waals surface area contributed by atoms with Gasteiger partial charge in [0.1, 0.15) is 35.7 Å². The van der Waals surface area contributed by atoms with Gasteiger partial charge in [0.2, 0.25) is 12.0 Å². The van der Waals surface area contributed by atoms with Crippen molar-refractivity contribution in [2.75, 3.05) is 13.2 Å². The van der Waals surface area contributed by atoms with Crippen molar-refractivity contribution in [3.63, 3.8) is 0 Å². The first-order valence-corrected chi connectivity index (χ1v) is 9.92. The second-order valence-electron chi connectivity index (χ2n) is 7.06. The second kappa shape index (κ2) is 10.1. The fourth-order valence-corrected chi connectivity index (χ4v) is 3.16. The van der Waals surface area contributed by atoms with E-state index in [1.54, 1.807) is 0 Å². The molecule has 10 nitrogen and oxygen atoms in total. The van der Waals surface area contributed by atoms with E-state index in [-0.39, 0.29) is 34.8 Å². The van der Waals surface area contributed by atoms with Crippen molar-refractivity contribution in [3.8, 4) is 17.2 Å². The monoisotopic (exact) mass is 438 g/mol. The van der Waals surface area contributed by atoms with Crippen LogP contribution in [0.2, 0.25) is 0 Å². The Morgan fingerprint density at radius 1 is 1.13 bits per heavy atom. The van der Waals surface area contributed by atoms with Crippen LogP contribution >= 0.6 is 0 Å². The number of rotatable bonds is 8. The Bertz CT molecular complexity index is 967. The zero-order valence-electron chi connectivity index (χ0n) is 16.9. The van der Waals surface area contributed by atoms with E-state index in [4.69, 9.17) is 18.6 Å². The fourth-order valence-electron chi connectivity index (χ4n) is 3.16. The van der Waals surface area contributed by atoms with Crippen molar-refractivity contribution in [1.29, 1.82) is 0 Å². The molecule has 170 valence electrons. The Morgan fingerprint density at radius 3 is 2.61 bits per heavy atom. The second-order valence-corrected chi connectivity index (χ2v) is 7.06. The van der Waals surface area contributed by atoms with Gasteiger partial charge in [0.05, 0.1) is 18.6 Å². The summed E-state index contributed by atoms with van der Waals surface area (Å²) in [7, 11) is 0. The lowest BCUT2D eigenvalue weighted by molar-refractivity contribution is -0.277. The first kappa shape index (κ1) is 23.0. The van der Waals surface area contributed by atoms with E-state index in [0.29, 0.717) is 6.42 Å². The summed E-state index contributed by atoms with van der Waals surface area (Å²) < 4.78 is 21.4. The van der Waals surface area contributed by atoms with Crippen LogP contribution < -0.4 is 15.1 Å². The van der Waals surface area contributed by atoms with Crippen molar-refractivity contribution in [1.82, 2.24) is 0 Å². The lowest BCUT2D eigenvalue weighted by Gasteiger charge is -2.39. The number of fused-ring (bicyclic) bond motifs is 1. The molecule has 0 aliphatic carbocycles. The van der Waals surface area contributed by atoms with Gasteiger partial charge in [0.25, 0.3) is 0 Å². The summed E-state index contributed by atoms with van der Waals surface area (Å²) in [5.41, 5.74) is -0.864. The molecule has 10 heteroatoms. The first-order chi connectivity index (χ1) is 14.9. The third kappa shape index (κ3) is 5.00. The van der Waals surface area contributed by atoms with Crippen LogP contribution in [0.15, 0.2) is 39.6 Å². The normalized spacial score (nSPS) is 26.4. The maximum absolute atomic E-state index is 12.2. The molecule has 0 spiro atoms. The molecule has 0 unspecified atom stereocenters. The largest absolute Gasteiger partial charge is 0.504 e. The van der Waals surface area contributed by atoms with Crippen molar-refractivity contribution in [2.24, 2.45) is 0 Å². The molecule has 1 fully saturated rings. The zero-order valence-corrected chi connectivity index (χ0v) is 16.9. The summed E-state index contributed by atoms with van der Waals surface area (Å²) in [6.45, 7) is 1.59. The van der Waals surface area contributed by atoms with Gasteiger partial charge in [-0.15, -0.1) is 0 Å². The molecule has 3 rings (SSSR count). The van der Waals surface area contributed by atoms with E-state index in [2.05, 4.69) is 0 Å². The van der Waals surface area contributed by atoms with Crippen molar-refractivity contribution < 1.29 is 44.2 Å². The van der Waals surface area contributed by atoms with Gasteiger partial charge < -0.3 is 44.2 Å². The molecule has 1 saturated heterocycles. The van der Waals surface area contributed by atoms with Gasteiger partial charge in [-0.25, -0.2) is 4.79 Å². The maximum atomic E-state index is 12.2. The smallest absolute Gasteiger partial charge is 0.383 e. The molecule has 0 saturated carbocycles. The number of hydrogen-bond acceptors (Lipinski definition) is 10. The highest BCUT2D eigenvalue weighted by atomic mass is 16.7. The van der Waals surface area contributed by atoms with Crippen LogP contribution in [-0.2, 0) is 4.74 Å². The van der Waals surface area contributed by atoms with E-state index in [1.807, 2.05) is 19.1 Å². The summed E-state index contributed by atoms with van der Waals surface area (Å²) in [6.07, 6.45) is -1.90. The minimum Gasteiger partial charge on any atom is -0.504 e. The summed E-state index contributed by atoms with van der Waals surface area (Å²) in [4.78, 5) is 12.2. The van der Waals surface area contributed by atoms with Gasteiger partial charge in [-0.3, -0.25) is 0 Å². The standard InChI is InChI=1S/C21H26O10/c1-2-3-4-5-8-28-19-15(23)12-7-6-11(9-13(12)30-20(19)27)29-21-18(26)17(25)16(24)14(10-22)31-21/h3-4,6-7,9,14,16-18,21-26H,2,5,8,10H2,1H3/t14-,16-,17+,18-,21-/m1/s1. The average Bonchev–Trinajstić information content (AvgIpc) is 2.75. The molecule has 2 heterocycles. The van der Waals surface area contributed by atoms with Gasteiger partial charge in [-0.2, -0.15) is 0 Å². The Labute approximate surface area is 177 Å². The SMILES string of the molecule is CCC=CCCOc1c(O)c2ccc(O[C@@H]3O[C@H](CO)[C@@H](O)[C@H](O)[C@H]3O)cc2oc1=O. The molecule has 5 N–H and O–H groups in total. The van der Waals surface area contributed by atoms with Crippen molar-refractivity contribution in [2.45, 2.75) is 50.5 Å². The molecule has 1 aromatic heterocycles. The maximum Gasteiger partial charge on any atom is 0.383 e. The Balaban J connectivity index is 1.79. The lowest BCUT2D eigenvalue weighted by Crippen LogP contribution is -2.60. The molecule has 0 bridgehead atoms. The van der Waals surface area contributed by atoms with Crippen molar-refractivity contribution >= 4 is 11.0 Å². The minimum absolute atomic E-state index is 0.00261. The molecule has 0 amide bonds. The highest BCUT2D eigenvalue weighted by Crippen LogP contribution is 2.34. The lowest BCUT2D eigenvalue weighted by atomic mass is 9.99. The molecule has 0 radical (unpaired) electrons. The number of benzene rings is 1. The van der Waals surface area contributed by atoms with Gasteiger partial charge >= 0.3 is 5.63 Å². The van der Waals surface area contributed by atoms with Gasteiger partial charge in [-0.1, -0.05) is 19.1 Å². The van der Waals surface area contributed by atoms with E-state index < -0.39 is 42.9 Å². The van der Waals surface area contributed by atoms with Crippen LogP contribution in [0.25, 0.3) is 11.0 Å². The first-order valence-electron chi connectivity index (χ1n) is 9.92. The molecular formula is C21H26O10. The molecular weight excluding hydrogens is 412 g/mol. The van der Waals surface area contributed by atoms with Crippen LogP contribution in [-0.4, -0.2) is 69.5 Å². The van der Waals surface area contributed by atoms with Crippen LogP contribution in [0.5, 0.6) is 17.2 Å². The highest BCUT2D eigenvalue weighted by Gasteiger charge is 2.44. The molecule has 2 aromatic rings. The quantitative estimate of drug-likeness (QED) is 0.222. The Morgan fingerprint density at radius 2 is 1.90 bits per heavy atom. The predicted octanol–water partition coefficient (Wildman–Crippen LogP) is 0.412. The van der Waals surface area contributed by atoms with E-state index in [9.17, 15) is 30.3 Å². The number of aliphatic hydroxyl groups is 4. The molecule has 5 atom stereocenters. The van der Waals surface area contributed by atoms with Crippen LogP contribution in [0, 0.1) is 0 Å². The summed E-state index contributed by atoms with van der Waals surface area (Å²) >= 11 is 0. The number of hydrogen-bond donors (Lipinski definition) is 5. The van der Waals surface area contributed by atoms with Crippen LogP contribution in [0.4, 0.5) is 0 Å². The topological polar surface area (TPSA) is 159 Å². The highest BCUT2D eigenvalue weighted by molar-refractivity contribution is 5.86. The predicted molar refractivity (Wildman–Crippen MR) is 108 cm³/mol. The summed E-state index contributed by atoms with van der Waals surface area (Å²) in [5.74, 6) is -0.567. The van der Waals surface area contributed by atoms with E-state index in [1.165, 1.54) is 18.2 Å². The third-order valence-corrected chi connectivity index (χ3v) is 4.85. The van der Waals surface area contributed by atoms with Crippen LogP contribution in [0.1, 0.15) is 19.8 Å². The zero-order chi connectivity index (χ0) is 22.5.